The minimum atomic E-state index is -3.32. The Hall–Kier alpha value is -0.880. The van der Waals surface area contributed by atoms with Crippen molar-refractivity contribution in [2.75, 3.05) is 12.9 Å². The third-order valence-electron chi connectivity index (χ3n) is 2.18. The quantitative estimate of drug-likeness (QED) is 0.780. The molecule has 0 amide bonds. The van der Waals surface area contributed by atoms with E-state index < -0.39 is 15.8 Å². The fraction of sp³-hybridized carbons (Fsp3) is 0.364. The SMILES string of the molecule is COC(=O)CCCS(=O)(=O)c1cccc(Br)c1. The topological polar surface area (TPSA) is 60.4 Å². The highest BCUT2D eigenvalue weighted by Crippen LogP contribution is 2.18. The Balaban J connectivity index is 2.66. The van der Waals surface area contributed by atoms with Crippen LogP contribution in [0.15, 0.2) is 33.6 Å². The van der Waals surface area contributed by atoms with Crippen molar-refractivity contribution in [3.8, 4) is 0 Å². The summed E-state index contributed by atoms with van der Waals surface area (Å²) >= 11 is 3.22. The van der Waals surface area contributed by atoms with E-state index >= 15 is 0 Å². The summed E-state index contributed by atoms with van der Waals surface area (Å²) in [6.45, 7) is 0. The molecule has 0 N–H and O–H groups in total. The van der Waals surface area contributed by atoms with E-state index in [2.05, 4.69) is 20.7 Å². The zero-order valence-electron chi connectivity index (χ0n) is 9.35. The second kappa shape index (κ2) is 6.16. The van der Waals surface area contributed by atoms with Crippen molar-refractivity contribution in [1.82, 2.24) is 0 Å². The summed E-state index contributed by atoms with van der Waals surface area (Å²) in [6.07, 6.45) is 0.380. The first-order valence-corrected chi connectivity index (χ1v) is 7.45. The fourth-order valence-corrected chi connectivity index (χ4v) is 3.19. The van der Waals surface area contributed by atoms with Gasteiger partial charge in [-0.1, -0.05) is 22.0 Å². The van der Waals surface area contributed by atoms with Gasteiger partial charge < -0.3 is 4.74 Å². The van der Waals surface area contributed by atoms with Crippen LogP contribution in [-0.2, 0) is 19.4 Å². The molecule has 0 aliphatic carbocycles. The number of ether oxygens (including phenoxy) is 1. The third-order valence-corrected chi connectivity index (χ3v) is 4.47. The molecule has 1 rings (SSSR count). The number of hydrogen-bond donors (Lipinski definition) is 0. The summed E-state index contributed by atoms with van der Waals surface area (Å²) in [7, 11) is -2.04. The van der Waals surface area contributed by atoms with E-state index in [1.165, 1.54) is 13.2 Å². The van der Waals surface area contributed by atoms with E-state index in [4.69, 9.17) is 0 Å². The molecule has 0 atom stereocenters. The van der Waals surface area contributed by atoms with Gasteiger partial charge in [0.1, 0.15) is 0 Å². The standard InChI is InChI=1S/C11H13BrO4S/c1-16-11(13)6-3-7-17(14,15)10-5-2-4-9(12)8-10/h2,4-5,8H,3,6-7H2,1H3. The molecule has 0 aliphatic rings. The second-order valence-electron chi connectivity index (χ2n) is 3.46. The Morgan fingerprint density at radius 3 is 2.71 bits per heavy atom. The molecular formula is C11H13BrO4S. The molecule has 1 aromatic carbocycles. The molecule has 0 saturated heterocycles. The molecule has 0 saturated carbocycles. The highest BCUT2D eigenvalue weighted by molar-refractivity contribution is 9.10. The average molecular weight is 321 g/mol. The molecule has 0 unspecified atom stereocenters. The van der Waals surface area contributed by atoms with Gasteiger partial charge in [0.25, 0.3) is 0 Å². The summed E-state index contributed by atoms with van der Waals surface area (Å²) in [6, 6.07) is 6.51. The molecule has 1 aromatic rings. The van der Waals surface area contributed by atoms with Crippen LogP contribution >= 0.6 is 15.9 Å². The van der Waals surface area contributed by atoms with Gasteiger partial charge in [-0.05, 0) is 24.6 Å². The van der Waals surface area contributed by atoms with Gasteiger partial charge in [-0.15, -0.1) is 0 Å². The third kappa shape index (κ3) is 4.47. The zero-order valence-corrected chi connectivity index (χ0v) is 11.8. The average Bonchev–Trinajstić information content (AvgIpc) is 2.28. The number of benzene rings is 1. The number of rotatable bonds is 5. The summed E-state index contributed by atoms with van der Waals surface area (Å²) in [5, 5.41) is 0. The van der Waals surface area contributed by atoms with E-state index in [0.717, 1.165) is 0 Å². The first kappa shape index (κ1) is 14.2. The van der Waals surface area contributed by atoms with Gasteiger partial charge in [-0.3, -0.25) is 4.79 Å². The van der Waals surface area contributed by atoms with Crippen molar-refractivity contribution >= 4 is 31.7 Å². The Morgan fingerprint density at radius 1 is 1.41 bits per heavy atom. The van der Waals surface area contributed by atoms with Crippen LogP contribution in [0.2, 0.25) is 0 Å². The van der Waals surface area contributed by atoms with Crippen LogP contribution in [-0.4, -0.2) is 27.2 Å². The van der Waals surface area contributed by atoms with Crippen LogP contribution < -0.4 is 0 Å². The van der Waals surface area contributed by atoms with Gasteiger partial charge in [0.2, 0.25) is 0 Å². The van der Waals surface area contributed by atoms with Crippen molar-refractivity contribution in [2.45, 2.75) is 17.7 Å². The molecule has 0 aliphatic heterocycles. The van der Waals surface area contributed by atoms with Crippen molar-refractivity contribution in [3.63, 3.8) is 0 Å². The summed E-state index contributed by atoms with van der Waals surface area (Å²) in [4.78, 5) is 11.1. The van der Waals surface area contributed by atoms with E-state index in [0.29, 0.717) is 4.47 Å². The lowest BCUT2D eigenvalue weighted by Crippen LogP contribution is -2.09. The Bertz CT molecular complexity index is 496. The van der Waals surface area contributed by atoms with E-state index in [1.54, 1.807) is 18.2 Å². The molecule has 94 valence electrons. The minimum absolute atomic E-state index is 0.0570. The van der Waals surface area contributed by atoms with Crippen LogP contribution in [0.5, 0.6) is 0 Å². The number of carbonyl (C=O) groups excluding carboxylic acids is 1. The van der Waals surface area contributed by atoms with Crippen molar-refractivity contribution in [1.29, 1.82) is 0 Å². The predicted molar refractivity (Wildman–Crippen MR) is 67.4 cm³/mol. The van der Waals surface area contributed by atoms with Crippen LogP contribution in [0.1, 0.15) is 12.8 Å². The Labute approximate surface area is 109 Å². The van der Waals surface area contributed by atoms with Crippen molar-refractivity contribution in [2.24, 2.45) is 0 Å². The van der Waals surface area contributed by atoms with Crippen molar-refractivity contribution < 1.29 is 17.9 Å². The molecule has 4 nitrogen and oxygen atoms in total. The van der Waals surface area contributed by atoms with Crippen LogP contribution in [0.3, 0.4) is 0 Å². The molecule has 0 radical (unpaired) electrons. The van der Waals surface area contributed by atoms with Crippen molar-refractivity contribution in [3.05, 3.63) is 28.7 Å². The van der Waals surface area contributed by atoms with E-state index in [9.17, 15) is 13.2 Å². The van der Waals surface area contributed by atoms with Gasteiger partial charge in [-0.2, -0.15) is 0 Å². The lowest BCUT2D eigenvalue weighted by Gasteiger charge is -2.04. The number of esters is 1. The molecule has 0 bridgehead atoms. The zero-order chi connectivity index (χ0) is 12.9. The largest absolute Gasteiger partial charge is 0.469 e. The van der Waals surface area contributed by atoms with Crippen LogP contribution in [0, 0.1) is 0 Å². The summed E-state index contributed by atoms with van der Waals surface area (Å²) < 4.78 is 28.9. The first-order chi connectivity index (χ1) is 7.95. The number of halogens is 1. The maximum Gasteiger partial charge on any atom is 0.305 e. The van der Waals surface area contributed by atoms with Gasteiger partial charge >= 0.3 is 5.97 Å². The monoisotopic (exact) mass is 320 g/mol. The fourth-order valence-electron chi connectivity index (χ4n) is 1.29. The molecule has 17 heavy (non-hydrogen) atoms. The molecular weight excluding hydrogens is 308 g/mol. The predicted octanol–water partition coefficient (Wildman–Crippen LogP) is 2.18. The lowest BCUT2D eigenvalue weighted by atomic mass is 10.3. The molecule has 0 aromatic heterocycles. The van der Waals surface area contributed by atoms with Gasteiger partial charge in [0.15, 0.2) is 9.84 Å². The number of carbonyl (C=O) groups is 1. The van der Waals surface area contributed by atoms with Gasteiger partial charge in [0.05, 0.1) is 17.8 Å². The number of hydrogen-bond acceptors (Lipinski definition) is 4. The van der Waals surface area contributed by atoms with E-state index in [-0.39, 0.29) is 23.5 Å². The van der Waals surface area contributed by atoms with Crippen LogP contribution in [0.4, 0.5) is 0 Å². The maximum atomic E-state index is 11.9. The van der Waals surface area contributed by atoms with Crippen LogP contribution in [0.25, 0.3) is 0 Å². The van der Waals surface area contributed by atoms with Gasteiger partial charge in [-0.25, -0.2) is 8.42 Å². The maximum absolute atomic E-state index is 11.9. The first-order valence-electron chi connectivity index (χ1n) is 5.01. The molecule has 0 spiro atoms. The Morgan fingerprint density at radius 2 is 2.12 bits per heavy atom. The molecule has 0 heterocycles. The highest BCUT2D eigenvalue weighted by Gasteiger charge is 2.15. The van der Waals surface area contributed by atoms with E-state index in [1.807, 2.05) is 0 Å². The normalized spacial score (nSPS) is 11.2. The number of methoxy groups -OCH3 is 1. The second-order valence-corrected chi connectivity index (χ2v) is 6.48. The van der Waals surface area contributed by atoms with Gasteiger partial charge in [0, 0.05) is 10.9 Å². The molecule has 6 heteroatoms. The minimum Gasteiger partial charge on any atom is -0.469 e. The summed E-state index contributed by atoms with van der Waals surface area (Å²) in [5.41, 5.74) is 0. The smallest absolute Gasteiger partial charge is 0.305 e. The Kier molecular flexibility index (Phi) is 5.14. The lowest BCUT2D eigenvalue weighted by molar-refractivity contribution is -0.140. The highest BCUT2D eigenvalue weighted by atomic mass is 79.9. The molecule has 0 fully saturated rings. The number of sulfone groups is 1. The summed E-state index contributed by atoms with van der Waals surface area (Å²) in [5.74, 6) is -0.451.